The topological polar surface area (TPSA) is 40.5 Å². The van der Waals surface area contributed by atoms with Crippen molar-refractivity contribution in [2.45, 2.75) is 5.41 Å². The highest BCUT2D eigenvalue weighted by Gasteiger charge is 2.46. The minimum absolute atomic E-state index is 0.245. The highest BCUT2D eigenvalue weighted by atomic mass is 16.4. The van der Waals surface area contributed by atoms with E-state index in [-0.39, 0.29) is 5.56 Å². The Morgan fingerprint density at radius 2 is 1.04 bits per heavy atom. The van der Waals surface area contributed by atoms with Gasteiger partial charge in [-0.15, -0.1) is 0 Å². The molecule has 0 bridgehead atoms. The average molecular weight is 580 g/mol. The van der Waals surface area contributed by atoms with Gasteiger partial charge in [0.25, 0.3) is 0 Å². The Labute approximate surface area is 262 Å². The molecule has 3 nitrogen and oxygen atoms in total. The van der Waals surface area contributed by atoms with E-state index in [4.69, 9.17) is 0 Å². The van der Waals surface area contributed by atoms with Gasteiger partial charge in [-0.2, -0.15) is 0 Å². The highest BCUT2D eigenvalue weighted by molar-refractivity contribution is 5.94. The Balaban J connectivity index is 1.43. The summed E-state index contributed by atoms with van der Waals surface area (Å²) in [4.78, 5) is 14.3. The first kappa shape index (κ1) is 26.7. The zero-order valence-electron chi connectivity index (χ0n) is 24.5. The SMILES string of the molecule is O=C(O)c1cccc(N(c2ccc3c(c2)C(c2ccccc2)(c2ccccc2)c2ccccc2-3)c2ccc3ccccc3c2)c1. The van der Waals surface area contributed by atoms with E-state index in [0.29, 0.717) is 0 Å². The summed E-state index contributed by atoms with van der Waals surface area (Å²) in [6.45, 7) is 0. The van der Waals surface area contributed by atoms with Crippen LogP contribution in [0.25, 0.3) is 21.9 Å². The van der Waals surface area contributed by atoms with Gasteiger partial charge in [0.05, 0.1) is 11.0 Å². The fourth-order valence-corrected chi connectivity index (χ4v) is 7.11. The van der Waals surface area contributed by atoms with Crippen LogP contribution in [0.4, 0.5) is 17.1 Å². The molecule has 0 saturated carbocycles. The average Bonchev–Trinajstić information content (AvgIpc) is 3.40. The summed E-state index contributed by atoms with van der Waals surface area (Å²) in [6, 6.07) is 58.8. The smallest absolute Gasteiger partial charge is 0.335 e. The van der Waals surface area contributed by atoms with Gasteiger partial charge in [0, 0.05) is 17.1 Å². The van der Waals surface area contributed by atoms with Crippen LogP contribution in [0.5, 0.6) is 0 Å². The van der Waals surface area contributed by atoms with E-state index in [1.54, 1.807) is 12.1 Å². The molecule has 1 N–H and O–H groups in total. The molecule has 0 amide bonds. The lowest BCUT2D eigenvalue weighted by Crippen LogP contribution is -2.28. The molecule has 0 fully saturated rings. The molecule has 0 heterocycles. The van der Waals surface area contributed by atoms with E-state index in [1.807, 2.05) is 24.3 Å². The summed E-state index contributed by atoms with van der Waals surface area (Å²) in [6.07, 6.45) is 0. The number of anilines is 3. The van der Waals surface area contributed by atoms with Crippen LogP contribution in [-0.4, -0.2) is 11.1 Å². The summed E-state index contributed by atoms with van der Waals surface area (Å²) < 4.78 is 0. The van der Waals surface area contributed by atoms with Crippen molar-refractivity contribution in [2.75, 3.05) is 4.90 Å². The van der Waals surface area contributed by atoms with Gasteiger partial charge in [0.15, 0.2) is 0 Å². The molecule has 0 aromatic heterocycles. The van der Waals surface area contributed by atoms with Crippen LogP contribution in [0, 0.1) is 0 Å². The fourth-order valence-electron chi connectivity index (χ4n) is 7.11. The van der Waals surface area contributed by atoms with Gasteiger partial charge in [-0.25, -0.2) is 4.79 Å². The minimum atomic E-state index is -0.952. The molecule has 3 heteroatoms. The molecule has 0 unspecified atom stereocenters. The Morgan fingerprint density at radius 1 is 0.467 bits per heavy atom. The lowest BCUT2D eigenvalue weighted by atomic mass is 9.67. The monoisotopic (exact) mass is 579 g/mol. The van der Waals surface area contributed by atoms with E-state index in [1.165, 1.54) is 33.4 Å². The van der Waals surface area contributed by atoms with Crippen molar-refractivity contribution < 1.29 is 9.90 Å². The molecule has 0 atom stereocenters. The summed E-state index contributed by atoms with van der Waals surface area (Å²) in [5.74, 6) is -0.952. The Bertz CT molecular complexity index is 2170. The molecule has 214 valence electrons. The van der Waals surface area contributed by atoms with E-state index < -0.39 is 11.4 Å². The van der Waals surface area contributed by atoms with Crippen molar-refractivity contribution in [1.29, 1.82) is 0 Å². The second-order valence-corrected chi connectivity index (χ2v) is 11.5. The number of rotatable bonds is 6. The maximum absolute atomic E-state index is 12.1. The molecular formula is C42H29NO2. The number of hydrogen-bond donors (Lipinski definition) is 1. The lowest BCUT2D eigenvalue weighted by Gasteiger charge is -2.35. The molecule has 0 radical (unpaired) electrons. The number of carboxylic acid groups (broad SMARTS) is 1. The van der Waals surface area contributed by atoms with Gasteiger partial charge in [-0.3, -0.25) is 0 Å². The van der Waals surface area contributed by atoms with Crippen LogP contribution >= 0.6 is 0 Å². The molecule has 0 aliphatic heterocycles. The van der Waals surface area contributed by atoms with E-state index >= 15 is 0 Å². The number of benzene rings is 7. The number of carboxylic acids is 1. The van der Waals surface area contributed by atoms with Crippen LogP contribution in [0.1, 0.15) is 32.6 Å². The molecule has 45 heavy (non-hydrogen) atoms. The number of nitrogens with zero attached hydrogens (tertiary/aromatic N) is 1. The molecule has 1 aliphatic rings. The van der Waals surface area contributed by atoms with Crippen molar-refractivity contribution in [3.05, 3.63) is 198 Å². The minimum Gasteiger partial charge on any atom is -0.478 e. The third-order valence-electron chi connectivity index (χ3n) is 9.04. The zero-order valence-corrected chi connectivity index (χ0v) is 24.5. The van der Waals surface area contributed by atoms with E-state index in [0.717, 1.165) is 27.8 Å². The Kier molecular flexibility index (Phi) is 6.32. The third kappa shape index (κ3) is 4.24. The standard InChI is InChI=1S/C42H29NO2/c44-41(45)31-14-11-19-34(27-31)43(35-23-22-29-12-7-8-13-30(29)26-35)36-24-25-38-37-20-9-10-21-39(37)42(40(38)28-36,32-15-3-1-4-16-32)33-17-5-2-6-18-33/h1-28H,(H,44,45). The largest absolute Gasteiger partial charge is 0.478 e. The zero-order chi connectivity index (χ0) is 30.4. The molecule has 0 spiro atoms. The van der Waals surface area contributed by atoms with Crippen molar-refractivity contribution in [3.8, 4) is 11.1 Å². The van der Waals surface area contributed by atoms with E-state index in [9.17, 15) is 9.90 Å². The lowest BCUT2D eigenvalue weighted by molar-refractivity contribution is 0.0697. The van der Waals surface area contributed by atoms with Gasteiger partial charge in [-0.1, -0.05) is 127 Å². The Morgan fingerprint density at radius 3 is 1.78 bits per heavy atom. The van der Waals surface area contributed by atoms with Gasteiger partial charge in [0.1, 0.15) is 0 Å². The second-order valence-electron chi connectivity index (χ2n) is 11.5. The molecule has 0 saturated heterocycles. The van der Waals surface area contributed by atoms with Crippen LogP contribution in [0.3, 0.4) is 0 Å². The summed E-state index contributed by atoms with van der Waals surface area (Å²) in [7, 11) is 0. The number of hydrogen-bond acceptors (Lipinski definition) is 2. The highest BCUT2D eigenvalue weighted by Crippen LogP contribution is 2.57. The van der Waals surface area contributed by atoms with Crippen molar-refractivity contribution in [2.24, 2.45) is 0 Å². The molecular weight excluding hydrogens is 550 g/mol. The molecule has 7 aromatic rings. The number of fused-ring (bicyclic) bond motifs is 4. The first-order valence-corrected chi connectivity index (χ1v) is 15.1. The first-order chi connectivity index (χ1) is 22.1. The summed E-state index contributed by atoms with van der Waals surface area (Å²) in [5.41, 5.74) is 9.65. The number of carbonyl (C=O) groups is 1. The second kappa shape index (κ2) is 10.7. The molecule has 8 rings (SSSR count). The first-order valence-electron chi connectivity index (χ1n) is 15.1. The predicted octanol–water partition coefficient (Wildman–Crippen LogP) is 10.4. The molecule has 7 aromatic carbocycles. The molecule has 1 aliphatic carbocycles. The maximum Gasteiger partial charge on any atom is 0.335 e. The predicted molar refractivity (Wildman–Crippen MR) is 183 cm³/mol. The maximum atomic E-state index is 12.1. The quantitative estimate of drug-likeness (QED) is 0.213. The van der Waals surface area contributed by atoms with Crippen molar-refractivity contribution in [3.63, 3.8) is 0 Å². The third-order valence-corrected chi connectivity index (χ3v) is 9.04. The fraction of sp³-hybridized carbons (Fsp3) is 0.0238. The normalized spacial score (nSPS) is 12.8. The summed E-state index contributed by atoms with van der Waals surface area (Å²) in [5, 5.41) is 12.2. The summed E-state index contributed by atoms with van der Waals surface area (Å²) >= 11 is 0. The van der Waals surface area contributed by atoms with Crippen LogP contribution in [0.15, 0.2) is 170 Å². The van der Waals surface area contributed by atoms with Crippen molar-refractivity contribution in [1.82, 2.24) is 0 Å². The Hall–Kier alpha value is -5.93. The van der Waals surface area contributed by atoms with Crippen LogP contribution < -0.4 is 4.90 Å². The van der Waals surface area contributed by atoms with Crippen LogP contribution in [0.2, 0.25) is 0 Å². The van der Waals surface area contributed by atoms with Crippen LogP contribution in [-0.2, 0) is 5.41 Å². The van der Waals surface area contributed by atoms with Gasteiger partial charge in [0.2, 0.25) is 0 Å². The van der Waals surface area contributed by atoms with E-state index in [2.05, 4.69) is 138 Å². The van der Waals surface area contributed by atoms with Crippen molar-refractivity contribution >= 4 is 33.8 Å². The van der Waals surface area contributed by atoms with Gasteiger partial charge in [-0.05, 0) is 86.6 Å². The van der Waals surface area contributed by atoms with Gasteiger partial charge >= 0.3 is 5.97 Å². The number of aromatic carboxylic acids is 1. The van der Waals surface area contributed by atoms with Gasteiger partial charge < -0.3 is 10.0 Å².